The number of benzene rings is 1. The molecule has 0 aliphatic heterocycles. The molecule has 7 heteroatoms. The third kappa shape index (κ3) is 3.25. The van der Waals surface area contributed by atoms with Crippen LogP contribution in [0.25, 0.3) is 5.65 Å². The Morgan fingerprint density at radius 3 is 2.78 bits per heavy atom. The second kappa shape index (κ2) is 6.10. The third-order valence-corrected chi connectivity index (χ3v) is 5.26. The van der Waals surface area contributed by atoms with E-state index in [1.807, 2.05) is 47.9 Å². The van der Waals surface area contributed by atoms with Gasteiger partial charge in [0.15, 0.2) is 5.65 Å². The van der Waals surface area contributed by atoms with E-state index in [9.17, 15) is 8.42 Å². The zero-order valence-electron chi connectivity index (χ0n) is 13.0. The molecule has 23 heavy (non-hydrogen) atoms. The van der Waals surface area contributed by atoms with E-state index in [0.29, 0.717) is 11.3 Å². The zero-order chi connectivity index (χ0) is 16.4. The number of aromatic nitrogens is 3. The van der Waals surface area contributed by atoms with Crippen molar-refractivity contribution in [3.63, 3.8) is 0 Å². The van der Waals surface area contributed by atoms with Gasteiger partial charge in [0.2, 0.25) is 10.0 Å². The molecule has 0 spiro atoms. The molecule has 0 unspecified atom stereocenters. The zero-order valence-corrected chi connectivity index (χ0v) is 13.8. The van der Waals surface area contributed by atoms with Crippen molar-refractivity contribution in [2.75, 3.05) is 6.54 Å². The molecule has 0 bridgehead atoms. The molecule has 1 N–H and O–H groups in total. The molecule has 0 saturated carbocycles. The highest BCUT2D eigenvalue weighted by Crippen LogP contribution is 2.16. The number of sulfonamides is 1. The van der Waals surface area contributed by atoms with E-state index in [1.54, 1.807) is 13.0 Å². The van der Waals surface area contributed by atoms with Crippen LogP contribution in [0, 0.1) is 13.8 Å². The average Bonchev–Trinajstić information content (AvgIpc) is 2.93. The summed E-state index contributed by atoms with van der Waals surface area (Å²) in [4.78, 5) is 0.323. The molecule has 1 aromatic carbocycles. The van der Waals surface area contributed by atoms with Crippen LogP contribution in [0.1, 0.15) is 17.0 Å². The lowest BCUT2D eigenvalue weighted by Crippen LogP contribution is -2.27. The van der Waals surface area contributed by atoms with Crippen LogP contribution in [0.4, 0.5) is 0 Å². The van der Waals surface area contributed by atoms with Crippen molar-refractivity contribution in [3.8, 4) is 0 Å². The lowest BCUT2D eigenvalue weighted by molar-refractivity contribution is 0.580. The Labute approximate surface area is 135 Å². The molecule has 3 rings (SSSR count). The predicted octanol–water partition coefficient (Wildman–Crippen LogP) is 1.87. The van der Waals surface area contributed by atoms with Crippen molar-refractivity contribution in [1.82, 2.24) is 19.3 Å². The SMILES string of the molecule is Cc1ccc(C)c(S(=O)(=O)NCCc2nnc3ccccn23)c1. The van der Waals surface area contributed by atoms with Crippen molar-refractivity contribution < 1.29 is 8.42 Å². The van der Waals surface area contributed by atoms with Gasteiger partial charge in [-0.3, -0.25) is 4.40 Å². The smallest absolute Gasteiger partial charge is 0.240 e. The maximum Gasteiger partial charge on any atom is 0.240 e. The standard InChI is InChI=1S/C16H18N4O2S/c1-12-6-7-13(2)14(11-12)23(21,22)17-9-8-16-19-18-15-5-3-4-10-20(15)16/h3-7,10-11,17H,8-9H2,1-2H3. The predicted molar refractivity (Wildman–Crippen MR) is 87.8 cm³/mol. The molecule has 0 amide bonds. The van der Waals surface area contributed by atoms with Gasteiger partial charge in [-0.05, 0) is 43.2 Å². The molecule has 0 atom stereocenters. The van der Waals surface area contributed by atoms with Gasteiger partial charge in [-0.25, -0.2) is 13.1 Å². The second-order valence-electron chi connectivity index (χ2n) is 5.46. The molecule has 0 saturated heterocycles. The maximum absolute atomic E-state index is 12.4. The summed E-state index contributed by atoms with van der Waals surface area (Å²) in [6.45, 7) is 3.94. The van der Waals surface area contributed by atoms with Crippen LogP contribution in [0.15, 0.2) is 47.5 Å². The fourth-order valence-corrected chi connectivity index (χ4v) is 3.79. The Morgan fingerprint density at radius 2 is 1.96 bits per heavy atom. The molecule has 6 nitrogen and oxygen atoms in total. The first-order valence-corrected chi connectivity index (χ1v) is 8.81. The van der Waals surface area contributed by atoms with Gasteiger partial charge in [0.25, 0.3) is 0 Å². The Kier molecular flexibility index (Phi) is 4.14. The molecule has 2 aromatic heterocycles. The lowest BCUT2D eigenvalue weighted by atomic mass is 10.2. The van der Waals surface area contributed by atoms with Crippen LogP contribution in [0.5, 0.6) is 0 Å². The molecule has 120 valence electrons. The third-order valence-electron chi connectivity index (χ3n) is 3.66. The molecule has 0 aliphatic carbocycles. The maximum atomic E-state index is 12.4. The number of fused-ring (bicyclic) bond motifs is 1. The number of hydrogen-bond donors (Lipinski definition) is 1. The van der Waals surface area contributed by atoms with Crippen LogP contribution >= 0.6 is 0 Å². The molecule has 0 radical (unpaired) electrons. The van der Waals surface area contributed by atoms with Crippen LogP contribution in [0.3, 0.4) is 0 Å². The van der Waals surface area contributed by atoms with Crippen molar-refractivity contribution >= 4 is 15.7 Å². The quantitative estimate of drug-likeness (QED) is 0.775. The van der Waals surface area contributed by atoms with E-state index in [2.05, 4.69) is 14.9 Å². The molecule has 3 aromatic rings. The highest BCUT2D eigenvalue weighted by Gasteiger charge is 2.17. The summed E-state index contributed by atoms with van der Waals surface area (Å²) in [5, 5.41) is 8.15. The lowest BCUT2D eigenvalue weighted by Gasteiger charge is -2.09. The Balaban J connectivity index is 1.74. The number of pyridine rings is 1. The van der Waals surface area contributed by atoms with Crippen molar-refractivity contribution in [1.29, 1.82) is 0 Å². The van der Waals surface area contributed by atoms with Crippen LogP contribution in [-0.2, 0) is 16.4 Å². The Hall–Kier alpha value is -2.25. The Bertz CT molecular complexity index is 948. The van der Waals surface area contributed by atoms with Crippen molar-refractivity contribution in [3.05, 3.63) is 59.5 Å². The highest BCUT2D eigenvalue weighted by molar-refractivity contribution is 7.89. The van der Waals surface area contributed by atoms with Gasteiger partial charge in [0.05, 0.1) is 4.90 Å². The van der Waals surface area contributed by atoms with E-state index in [-0.39, 0.29) is 6.54 Å². The second-order valence-corrected chi connectivity index (χ2v) is 7.20. The first-order valence-electron chi connectivity index (χ1n) is 7.33. The molecular formula is C16H18N4O2S. The summed E-state index contributed by atoms with van der Waals surface area (Å²) in [6, 6.07) is 11.0. The summed E-state index contributed by atoms with van der Waals surface area (Å²) in [7, 11) is -3.53. The minimum atomic E-state index is -3.53. The largest absolute Gasteiger partial charge is 0.286 e. The number of nitrogens with zero attached hydrogens (tertiary/aromatic N) is 3. The summed E-state index contributed by atoms with van der Waals surface area (Å²) in [6.07, 6.45) is 2.33. The molecule has 0 aliphatic rings. The van der Waals surface area contributed by atoms with E-state index >= 15 is 0 Å². The first-order chi connectivity index (χ1) is 11.0. The monoisotopic (exact) mass is 330 g/mol. The van der Waals surface area contributed by atoms with E-state index in [4.69, 9.17) is 0 Å². The fraction of sp³-hybridized carbons (Fsp3) is 0.250. The topological polar surface area (TPSA) is 76.4 Å². The number of hydrogen-bond acceptors (Lipinski definition) is 4. The van der Waals surface area contributed by atoms with Gasteiger partial charge in [-0.15, -0.1) is 10.2 Å². The van der Waals surface area contributed by atoms with Gasteiger partial charge in [0.1, 0.15) is 5.82 Å². The minimum absolute atomic E-state index is 0.269. The highest BCUT2D eigenvalue weighted by atomic mass is 32.2. The van der Waals surface area contributed by atoms with Gasteiger partial charge < -0.3 is 0 Å². The van der Waals surface area contributed by atoms with Crippen molar-refractivity contribution in [2.24, 2.45) is 0 Å². The van der Waals surface area contributed by atoms with Gasteiger partial charge in [-0.1, -0.05) is 18.2 Å². The Morgan fingerprint density at radius 1 is 1.13 bits per heavy atom. The normalized spacial score (nSPS) is 11.9. The summed E-state index contributed by atoms with van der Waals surface area (Å²) in [5.41, 5.74) is 2.40. The summed E-state index contributed by atoms with van der Waals surface area (Å²) in [5.74, 6) is 0.726. The number of rotatable bonds is 5. The minimum Gasteiger partial charge on any atom is -0.286 e. The van der Waals surface area contributed by atoms with Gasteiger partial charge in [0, 0.05) is 19.2 Å². The van der Waals surface area contributed by atoms with Gasteiger partial charge >= 0.3 is 0 Å². The van der Waals surface area contributed by atoms with Crippen LogP contribution < -0.4 is 4.72 Å². The van der Waals surface area contributed by atoms with Crippen LogP contribution in [0.2, 0.25) is 0 Å². The van der Waals surface area contributed by atoms with Gasteiger partial charge in [-0.2, -0.15) is 0 Å². The van der Waals surface area contributed by atoms with E-state index < -0.39 is 10.0 Å². The average molecular weight is 330 g/mol. The molecule has 0 fully saturated rings. The summed E-state index contributed by atoms with van der Waals surface area (Å²) < 4.78 is 29.4. The fourth-order valence-electron chi connectivity index (χ4n) is 2.43. The number of nitrogens with one attached hydrogen (secondary N) is 1. The molecule has 2 heterocycles. The van der Waals surface area contributed by atoms with Crippen LogP contribution in [-0.4, -0.2) is 29.6 Å². The number of aryl methyl sites for hydroxylation is 2. The first kappa shape index (κ1) is 15.6. The van der Waals surface area contributed by atoms with E-state index in [0.717, 1.165) is 22.6 Å². The summed E-state index contributed by atoms with van der Waals surface area (Å²) >= 11 is 0. The van der Waals surface area contributed by atoms with Crippen molar-refractivity contribution in [2.45, 2.75) is 25.2 Å². The van der Waals surface area contributed by atoms with E-state index in [1.165, 1.54) is 0 Å². The molecular weight excluding hydrogens is 312 g/mol.